The topological polar surface area (TPSA) is 50.4 Å². The van der Waals surface area contributed by atoms with E-state index < -0.39 is 0 Å². The van der Waals surface area contributed by atoms with Gasteiger partial charge >= 0.3 is 0 Å². The molecule has 0 aromatic heterocycles. The lowest BCUT2D eigenvalue weighted by Gasteiger charge is -2.32. The molecule has 4 nitrogen and oxygen atoms in total. The Bertz CT molecular complexity index is 456. The highest BCUT2D eigenvalue weighted by molar-refractivity contribution is 6.30. The molecule has 2 rings (SSSR count). The molecule has 1 amide bonds. The minimum Gasteiger partial charge on any atom is -0.375 e. The van der Waals surface area contributed by atoms with Gasteiger partial charge in [-0.25, -0.2) is 0 Å². The zero-order valence-corrected chi connectivity index (χ0v) is 13.2. The maximum Gasteiger partial charge on any atom is 0.226 e. The summed E-state index contributed by atoms with van der Waals surface area (Å²) in [6, 6.07) is 7.58. The van der Waals surface area contributed by atoms with Crippen LogP contribution in [0.4, 0.5) is 0 Å². The summed E-state index contributed by atoms with van der Waals surface area (Å²) in [6.07, 6.45) is 1.79. The lowest BCUT2D eigenvalue weighted by molar-refractivity contribution is -0.131. The van der Waals surface area contributed by atoms with E-state index in [1.165, 1.54) is 0 Å². The Morgan fingerprint density at radius 2 is 2.00 bits per heavy atom. The first-order chi connectivity index (χ1) is 10.1. The van der Waals surface area contributed by atoms with Crippen molar-refractivity contribution in [2.45, 2.75) is 26.4 Å². The molecule has 1 aliphatic rings. The van der Waals surface area contributed by atoms with Gasteiger partial charge in [0.25, 0.3) is 0 Å². The average molecular weight is 311 g/mol. The van der Waals surface area contributed by atoms with Gasteiger partial charge in [0.2, 0.25) is 5.91 Å². The van der Waals surface area contributed by atoms with Crippen LogP contribution in [0.3, 0.4) is 0 Å². The Labute approximate surface area is 131 Å². The van der Waals surface area contributed by atoms with E-state index in [1.807, 2.05) is 31.2 Å². The molecule has 1 saturated heterocycles. The molecule has 1 aliphatic heterocycles. The number of ether oxygens (including phenoxy) is 1. The summed E-state index contributed by atoms with van der Waals surface area (Å²) in [5.74, 6) is 0.138. The highest BCUT2D eigenvalue weighted by atomic mass is 35.5. The number of hydrogen-bond acceptors (Lipinski definition) is 3. The van der Waals surface area contributed by atoms with Gasteiger partial charge in [-0.1, -0.05) is 30.7 Å². The van der Waals surface area contributed by atoms with Crippen molar-refractivity contribution in [3.05, 3.63) is 34.9 Å². The number of halogens is 1. The Hall–Kier alpha value is -1.10. The van der Waals surface area contributed by atoms with E-state index in [2.05, 4.69) is 10.6 Å². The van der Waals surface area contributed by atoms with Crippen LogP contribution in [0.5, 0.6) is 0 Å². The molecule has 2 N–H and O–H groups in total. The lowest BCUT2D eigenvalue weighted by Crippen LogP contribution is -2.46. The first kappa shape index (κ1) is 16.3. The molecule has 0 spiro atoms. The quantitative estimate of drug-likeness (QED) is 0.793. The second kappa shape index (κ2) is 7.78. The van der Waals surface area contributed by atoms with Crippen molar-refractivity contribution in [3.63, 3.8) is 0 Å². The molecule has 1 aromatic rings. The fraction of sp³-hybridized carbons (Fsp3) is 0.562. The zero-order chi connectivity index (χ0) is 15.1. The summed E-state index contributed by atoms with van der Waals surface area (Å²) >= 11 is 5.82. The average Bonchev–Trinajstić information content (AvgIpc) is 2.49. The van der Waals surface area contributed by atoms with Gasteiger partial charge in [-0.15, -0.1) is 0 Å². The van der Waals surface area contributed by atoms with E-state index in [-0.39, 0.29) is 11.3 Å². The van der Waals surface area contributed by atoms with Crippen LogP contribution in [0, 0.1) is 5.41 Å². The summed E-state index contributed by atoms with van der Waals surface area (Å²) in [7, 11) is 0. The molecule has 1 heterocycles. The van der Waals surface area contributed by atoms with Gasteiger partial charge in [0.15, 0.2) is 0 Å². The molecule has 21 heavy (non-hydrogen) atoms. The van der Waals surface area contributed by atoms with Gasteiger partial charge in [0.05, 0.1) is 13.2 Å². The van der Waals surface area contributed by atoms with E-state index in [9.17, 15) is 4.79 Å². The zero-order valence-electron chi connectivity index (χ0n) is 12.5. The second-order valence-electron chi connectivity index (χ2n) is 5.75. The van der Waals surface area contributed by atoms with Gasteiger partial charge in [0, 0.05) is 17.0 Å². The number of carbonyl (C=O) groups excluding carboxylic acids is 1. The van der Waals surface area contributed by atoms with Crippen LogP contribution in [-0.4, -0.2) is 32.1 Å². The van der Waals surface area contributed by atoms with Gasteiger partial charge in [-0.05, 0) is 43.6 Å². The Morgan fingerprint density at radius 1 is 1.33 bits per heavy atom. The van der Waals surface area contributed by atoms with Crippen molar-refractivity contribution < 1.29 is 9.53 Å². The predicted molar refractivity (Wildman–Crippen MR) is 84.3 cm³/mol. The minimum atomic E-state index is -0.235. The maximum absolute atomic E-state index is 12.2. The molecule has 0 atom stereocenters. The standard InChI is InChI=1S/C16H23ClN2O2/c1-16(6-8-18-9-7-16)15(20)19-10-11-21-12-13-2-4-14(17)5-3-13/h2-5,18H,6-12H2,1H3,(H,19,20). The summed E-state index contributed by atoms with van der Waals surface area (Å²) in [5.41, 5.74) is 0.845. The highest BCUT2D eigenvalue weighted by Gasteiger charge is 2.33. The smallest absolute Gasteiger partial charge is 0.226 e. The van der Waals surface area contributed by atoms with Crippen LogP contribution in [0.15, 0.2) is 24.3 Å². The Morgan fingerprint density at radius 3 is 2.67 bits per heavy atom. The third-order valence-corrected chi connectivity index (χ3v) is 4.22. The van der Waals surface area contributed by atoms with E-state index in [1.54, 1.807) is 0 Å². The van der Waals surface area contributed by atoms with E-state index in [0.29, 0.717) is 19.8 Å². The van der Waals surface area contributed by atoms with Crippen LogP contribution >= 0.6 is 11.6 Å². The van der Waals surface area contributed by atoms with Crippen molar-refractivity contribution in [2.75, 3.05) is 26.2 Å². The van der Waals surface area contributed by atoms with Crippen molar-refractivity contribution >= 4 is 17.5 Å². The fourth-order valence-electron chi connectivity index (χ4n) is 2.43. The number of benzene rings is 1. The Balaban J connectivity index is 1.63. The number of carbonyl (C=O) groups is 1. The van der Waals surface area contributed by atoms with Crippen molar-refractivity contribution in [1.82, 2.24) is 10.6 Å². The first-order valence-electron chi connectivity index (χ1n) is 7.41. The van der Waals surface area contributed by atoms with Gasteiger partial charge in [-0.2, -0.15) is 0 Å². The number of piperidine rings is 1. The first-order valence-corrected chi connectivity index (χ1v) is 7.79. The number of hydrogen-bond donors (Lipinski definition) is 2. The van der Waals surface area contributed by atoms with E-state index in [0.717, 1.165) is 36.5 Å². The lowest BCUT2D eigenvalue weighted by atomic mass is 9.80. The number of amides is 1. The molecule has 116 valence electrons. The van der Waals surface area contributed by atoms with Crippen LogP contribution < -0.4 is 10.6 Å². The largest absolute Gasteiger partial charge is 0.375 e. The van der Waals surface area contributed by atoms with Crippen LogP contribution in [0.2, 0.25) is 5.02 Å². The van der Waals surface area contributed by atoms with Gasteiger partial charge in [0.1, 0.15) is 0 Å². The highest BCUT2D eigenvalue weighted by Crippen LogP contribution is 2.27. The van der Waals surface area contributed by atoms with Crippen LogP contribution in [0.25, 0.3) is 0 Å². The molecular weight excluding hydrogens is 288 g/mol. The van der Waals surface area contributed by atoms with Gasteiger partial charge in [-0.3, -0.25) is 4.79 Å². The number of rotatable bonds is 6. The molecular formula is C16H23ClN2O2. The Kier molecular flexibility index (Phi) is 6.03. The molecule has 0 saturated carbocycles. The summed E-state index contributed by atoms with van der Waals surface area (Å²) < 4.78 is 5.56. The molecule has 5 heteroatoms. The van der Waals surface area contributed by atoms with Crippen LogP contribution in [-0.2, 0) is 16.1 Å². The molecule has 0 radical (unpaired) electrons. The van der Waals surface area contributed by atoms with Crippen molar-refractivity contribution in [3.8, 4) is 0 Å². The third-order valence-electron chi connectivity index (χ3n) is 3.97. The molecule has 0 bridgehead atoms. The van der Waals surface area contributed by atoms with Crippen molar-refractivity contribution in [1.29, 1.82) is 0 Å². The number of nitrogens with one attached hydrogen (secondary N) is 2. The maximum atomic E-state index is 12.2. The minimum absolute atomic E-state index is 0.138. The third kappa shape index (κ3) is 4.99. The molecule has 1 fully saturated rings. The van der Waals surface area contributed by atoms with Crippen molar-refractivity contribution in [2.24, 2.45) is 5.41 Å². The van der Waals surface area contributed by atoms with Crippen LogP contribution in [0.1, 0.15) is 25.3 Å². The summed E-state index contributed by atoms with van der Waals surface area (Å²) in [6.45, 7) is 5.47. The van der Waals surface area contributed by atoms with E-state index in [4.69, 9.17) is 16.3 Å². The normalized spacial score (nSPS) is 17.4. The van der Waals surface area contributed by atoms with Gasteiger partial charge < -0.3 is 15.4 Å². The molecule has 1 aromatic carbocycles. The predicted octanol–water partition coefficient (Wildman–Crippen LogP) is 2.36. The molecule has 0 unspecified atom stereocenters. The summed E-state index contributed by atoms with van der Waals surface area (Å²) in [4.78, 5) is 12.2. The second-order valence-corrected chi connectivity index (χ2v) is 6.18. The fourth-order valence-corrected chi connectivity index (χ4v) is 2.55. The SMILES string of the molecule is CC1(C(=O)NCCOCc2ccc(Cl)cc2)CCNCC1. The monoisotopic (exact) mass is 310 g/mol. The van der Waals surface area contributed by atoms with E-state index >= 15 is 0 Å². The summed E-state index contributed by atoms with van der Waals surface area (Å²) in [5, 5.41) is 6.98. The molecule has 0 aliphatic carbocycles.